The van der Waals surface area contributed by atoms with Crippen molar-refractivity contribution in [1.29, 1.82) is 0 Å². The van der Waals surface area contributed by atoms with Gasteiger partial charge in [-0.15, -0.1) is 5.11 Å². The molecule has 0 unspecified atom stereocenters. The number of aromatic amines is 4. The van der Waals surface area contributed by atoms with E-state index in [1.165, 1.54) is 52.3 Å². The number of azo groups is 1. The minimum absolute atomic E-state index is 0. The van der Waals surface area contributed by atoms with E-state index in [1.807, 2.05) is 0 Å². The Morgan fingerprint density at radius 1 is 0.592 bits per heavy atom. The molecule has 0 aliphatic carbocycles. The maximum atomic E-state index is 12.4. The molecule has 0 fully saturated rings. The van der Waals surface area contributed by atoms with E-state index in [9.17, 15) is 36.2 Å². The van der Waals surface area contributed by atoms with Crippen LogP contribution in [0.15, 0.2) is 129 Å². The molecule has 71 heavy (non-hydrogen) atoms. The number of halogens is 2. The van der Waals surface area contributed by atoms with Crippen molar-refractivity contribution in [2.75, 3.05) is 14.2 Å². The number of aryl methyl sites for hydroxylation is 1. The third-order valence-corrected chi connectivity index (χ3v) is 11.3. The quantitative estimate of drug-likeness (QED) is 0.0289. The third kappa shape index (κ3) is 14.8. The van der Waals surface area contributed by atoms with Gasteiger partial charge in [-0.05, 0) is 110 Å². The van der Waals surface area contributed by atoms with Gasteiger partial charge in [0.1, 0.15) is 38.4 Å². The number of aromatic nitrogens is 6. The molecule has 356 valence electrons. The number of para-hydroxylation sites is 1. The zero-order valence-corrected chi connectivity index (χ0v) is 47.6. The Kier molecular flexibility index (Phi) is 19.7. The van der Waals surface area contributed by atoms with Crippen molar-refractivity contribution in [3.63, 3.8) is 0 Å². The van der Waals surface area contributed by atoms with Gasteiger partial charge in [0.2, 0.25) is 33.0 Å². The molecule has 0 aliphatic heterocycles. The van der Waals surface area contributed by atoms with E-state index in [-0.39, 0.29) is 175 Å². The van der Waals surface area contributed by atoms with Crippen LogP contribution < -0.4 is 145 Å². The molecule has 5 aromatic carbocycles. The maximum Gasteiger partial charge on any atom is 1.00 e. The van der Waals surface area contributed by atoms with Gasteiger partial charge in [-0.25, -0.2) is 20.0 Å². The average molecular weight is 1100 g/mol. The SMILES string of the molecule is COc1cc(N=Nc2cc(S(=O)(=O)O)c3cccc(S(=O)(=O)O)c3c2)c(N=C(C)[O-])cc1N=c1nc(Cl)[nH]c(=Nc2c(C)cccc2N=c2nc(Cl)[nH]c(=Nc3cc(N=C(C)[O-])ccc3OC)[nH]2)[nH]1.[K+].[K+]. The molecule has 30 heteroatoms. The van der Waals surface area contributed by atoms with E-state index in [0.29, 0.717) is 34.1 Å². The second kappa shape index (κ2) is 24.4. The fourth-order valence-electron chi connectivity index (χ4n) is 6.40. The monoisotopic (exact) mass is 1090 g/mol. The Bertz CT molecular complexity index is 3830. The van der Waals surface area contributed by atoms with Crippen molar-refractivity contribution >= 4 is 112 Å². The van der Waals surface area contributed by atoms with Gasteiger partial charge in [0, 0.05) is 16.8 Å². The normalized spacial score (nSPS) is 13.4. The Morgan fingerprint density at radius 3 is 1.79 bits per heavy atom. The van der Waals surface area contributed by atoms with Crippen molar-refractivity contribution in [3.8, 4) is 11.5 Å². The first-order valence-corrected chi connectivity index (χ1v) is 23.1. The molecule has 0 bridgehead atoms. The maximum absolute atomic E-state index is 12.4. The number of nitrogens with zero attached hydrogens (tertiary/aromatic N) is 10. The van der Waals surface area contributed by atoms with Crippen LogP contribution in [-0.2, 0) is 20.2 Å². The summed E-state index contributed by atoms with van der Waals surface area (Å²) in [4.78, 5) is 45.0. The molecule has 0 saturated heterocycles. The van der Waals surface area contributed by atoms with Crippen LogP contribution in [0, 0.1) is 6.92 Å². The summed E-state index contributed by atoms with van der Waals surface area (Å²) < 4.78 is 79.9. The number of H-pyrrole nitrogens is 4. The molecule has 7 rings (SSSR count). The zero-order valence-electron chi connectivity index (χ0n) is 38.2. The Morgan fingerprint density at radius 2 is 1.18 bits per heavy atom. The fraction of sp³-hybridized carbons (Fsp3) is 0.122. The van der Waals surface area contributed by atoms with E-state index in [0.717, 1.165) is 18.2 Å². The van der Waals surface area contributed by atoms with E-state index in [2.05, 4.69) is 65.1 Å². The summed E-state index contributed by atoms with van der Waals surface area (Å²) in [6.45, 7) is 4.28. The predicted molar refractivity (Wildman–Crippen MR) is 247 cm³/mol. The second-order valence-corrected chi connectivity index (χ2v) is 17.6. The summed E-state index contributed by atoms with van der Waals surface area (Å²) in [6.07, 6.45) is 0. The van der Waals surface area contributed by atoms with Gasteiger partial charge in [-0.1, -0.05) is 24.3 Å². The van der Waals surface area contributed by atoms with Crippen molar-refractivity contribution in [3.05, 3.63) is 117 Å². The van der Waals surface area contributed by atoms with Crippen LogP contribution in [0.25, 0.3) is 10.8 Å². The molecule has 0 atom stereocenters. The van der Waals surface area contributed by atoms with Crippen LogP contribution in [0.5, 0.6) is 11.5 Å². The Hall–Kier alpha value is -4.61. The standard InChI is InChI=1S/C41H36Cl2N14O10S2.2K/c1-19-8-6-10-26(46-38-50-36(42)51-39(54-38)47-29-15-22(44-20(2)58)12-13-31(29)66-4)35(19)49-41-53-37(43)52-40(55-41)48-30-17-27(45-21(3)59)28(18-32(30)67-5)57-56-23-14-25-24(34(16-23)69(63,64)65)9-7-11-33(25)68(60,61)62;;/h6-18H,1-5H3,(H,44,58)(H,45,59)(H,60,61,62)(H,63,64,65)(H2,46,47,50,51,54)(H2,48,49,52,53,55);;/q;2*+1/p-2. The number of aliphatic imine (C=N–C) groups is 2. The molecule has 0 aliphatic rings. The summed E-state index contributed by atoms with van der Waals surface area (Å²) in [5.41, 5.74) is 1.65. The van der Waals surface area contributed by atoms with E-state index < -0.39 is 41.8 Å². The van der Waals surface area contributed by atoms with Gasteiger partial charge in [-0.3, -0.25) is 29.1 Å². The first kappa shape index (κ1) is 57.3. The number of benzene rings is 5. The van der Waals surface area contributed by atoms with Crippen molar-refractivity contribution in [2.24, 2.45) is 40.2 Å². The van der Waals surface area contributed by atoms with E-state index >= 15 is 0 Å². The van der Waals surface area contributed by atoms with Gasteiger partial charge in [0.05, 0.1) is 42.7 Å². The summed E-state index contributed by atoms with van der Waals surface area (Å²) in [5.74, 6) is -0.640. The summed E-state index contributed by atoms with van der Waals surface area (Å²) in [6, 6.07) is 18.1. The molecule has 7 aromatic rings. The van der Waals surface area contributed by atoms with Crippen LogP contribution in [0.4, 0.5) is 45.5 Å². The smallest absolute Gasteiger partial charge is 0.862 e. The van der Waals surface area contributed by atoms with Crippen LogP contribution in [0.3, 0.4) is 0 Å². The van der Waals surface area contributed by atoms with Crippen LogP contribution in [0.2, 0.25) is 10.6 Å². The molecule has 2 aromatic heterocycles. The summed E-state index contributed by atoms with van der Waals surface area (Å²) in [7, 11) is -7.05. The number of rotatable bonds is 12. The number of hydrogen-bond acceptors (Lipinski definition) is 18. The molecular formula is C41H34Cl2K2N14O10S2. The number of hydrogen-bond donors (Lipinski definition) is 6. The van der Waals surface area contributed by atoms with Gasteiger partial charge >= 0.3 is 103 Å². The fourth-order valence-corrected chi connectivity index (χ4v) is 8.16. The largest absolute Gasteiger partial charge is 1.00 e. The average Bonchev–Trinajstić information content (AvgIpc) is 3.25. The Balaban J connectivity index is 0.00000469. The Labute approximate surface area is 497 Å². The van der Waals surface area contributed by atoms with Gasteiger partial charge in [0.25, 0.3) is 20.2 Å². The van der Waals surface area contributed by atoms with Crippen LogP contribution in [-0.4, -0.2) is 81.9 Å². The second-order valence-electron chi connectivity index (χ2n) is 14.1. The third-order valence-electron chi connectivity index (χ3n) is 9.17. The molecule has 0 saturated carbocycles. The van der Waals surface area contributed by atoms with Crippen molar-refractivity contribution in [2.45, 2.75) is 30.6 Å². The minimum atomic E-state index is -4.96. The van der Waals surface area contributed by atoms with Crippen molar-refractivity contribution in [1.82, 2.24) is 29.9 Å². The first-order valence-electron chi connectivity index (χ1n) is 19.5. The van der Waals surface area contributed by atoms with Crippen LogP contribution in [0.1, 0.15) is 19.4 Å². The molecule has 0 radical (unpaired) electrons. The van der Waals surface area contributed by atoms with Crippen molar-refractivity contribution < 1.29 is 148 Å². The number of ether oxygens (including phenoxy) is 2. The minimum Gasteiger partial charge on any atom is -0.862 e. The van der Waals surface area contributed by atoms with Crippen LogP contribution >= 0.6 is 23.2 Å². The molecule has 24 nitrogen and oxygen atoms in total. The number of fused-ring (bicyclic) bond motifs is 1. The first-order chi connectivity index (χ1) is 32.7. The topological polar surface area (TPSA) is 361 Å². The summed E-state index contributed by atoms with van der Waals surface area (Å²) in [5, 5.41) is 31.4. The molecule has 0 spiro atoms. The molecule has 6 N–H and O–H groups in total. The summed E-state index contributed by atoms with van der Waals surface area (Å²) >= 11 is 12.8. The van der Waals surface area contributed by atoms with Gasteiger partial charge in [0.15, 0.2) is 0 Å². The molecule has 0 amide bonds. The number of nitrogens with one attached hydrogen (secondary N) is 4. The molecular weight excluding hydrogens is 1060 g/mol. The van der Waals surface area contributed by atoms with Gasteiger partial charge < -0.3 is 29.7 Å². The predicted octanol–water partition coefficient (Wildman–Crippen LogP) is -0.759. The van der Waals surface area contributed by atoms with E-state index in [1.54, 1.807) is 43.3 Å². The van der Waals surface area contributed by atoms with E-state index in [4.69, 9.17) is 37.7 Å². The number of methoxy groups -OCH3 is 2. The van der Waals surface area contributed by atoms with Gasteiger partial charge in [-0.2, -0.15) is 31.9 Å². The zero-order chi connectivity index (χ0) is 49.8. The molecule has 2 heterocycles.